The number of ether oxygens (including phenoxy) is 1. The Morgan fingerprint density at radius 3 is 2.55 bits per heavy atom. The van der Waals surface area contributed by atoms with Crippen LogP contribution in [0.25, 0.3) is 11.0 Å². The van der Waals surface area contributed by atoms with Crippen LogP contribution in [0.15, 0.2) is 42.9 Å². The quantitative estimate of drug-likeness (QED) is 0.219. The number of alkyl halides is 3. The summed E-state index contributed by atoms with van der Waals surface area (Å²) in [6, 6.07) is 7.54. The monoisotopic (exact) mass is 648 g/mol. The summed E-state index contributed by atoms with van der Waals surface area (Å²) in [6.07, 6.45) is 1.63. The van der Waals surface area contributed by atoms with Crippen LogP contribution in [-0.4, -0.2) is 79.9 Å². The number of pyridine rings is 1. The second-order valence-corrected chi connectivity index (χ2v) is 12.8. The predicted octanol–water partition coefficient (Wildman–Crippen LogP) is 6.72. The van der Waals surface area contributed by atoms with Crippen molar-refractivity contribution >= 4 is 22.8 Å². The van der Waals surface area contributed by atoms with E-state index in [-0.39, 0.29) is 30.3 Å². The van der Waals surface area contributed by atoms with E-state index in [2.05, 4.69) is 32.1 Å². The van der Waals surface area contributed by atoms with Crippen molar-refractivity contribution in [2.45, 2.75) is 64.2 Å². The number of likely N-dealkylation sites (N-methyl/N-ethyl adjacent to an activating group) is 1. The number of aromatic amines is 1. The van der Waals surface area contributed by atoms with Crippen LogP contribution in [0.2, 0.25) is 0 Å². The molecule has 5 heterocycles. The van der Waals surface area contributed by atoms with Crippen molar-refractivity contribution in [1.82, 2.24) is 34.6 Å². The van der Waals surface area contributed by atoms with Gasteiger partial charge in [-0.25, -0.2) is 14.8 Å². The van der Waals surface area contributed by atoms with Crippen molar-refractivity contribution in [1.29, 1.82) is 0 Å². The maximum atomic E-state index is 14.2. The number of H-pyrrole nitrogens is 1. The number of carbonyl (C=O) groups is 1. The lowest BCUT2D eigenvalue weighted by atomic mass is 9.92. The number of rotatable bonds is 8. The van der Waals surface area contributed by atoms with Gasteiger partial charge in [-0.3, -0.25) is 9.88 Å². The standard InChI is InChI=1S/C34H39F3N8O2/c1-3-21-18-45(33(46)41-25-8-7-23(28(14-25)34(35,36)37)17-44-11-9-43(4-2)10-12-44)19-24-13-26(16-38-30(21)24)47-32-27-15-29(22-5-6-22)42-31(27)39-20-40-32/h7-8,13-16,20-22H,3-6,9-12,17-19H2,1-2H3,(H,41,46)(H,39,40,42)/t21-/m0/s1. The molecule has 1 saturated heterocycles. The van der Waals surface area contributed by atoms with Gasteiger partial charge in [-0.05, 0) is 67.1 Å². The van der Waals surface area contributed by atoms with Gasteiger partial charge in [0, 0.05) is 63.1 Å². The smallest absolute Gasteiger partial charge is 0.416 e. The summed E-state index contributed by atoms with van der Waals surface area (Å²) in [4.78, 5) is 36.2. The summed E-state index contributed by atoms with van der Waals surface area (Å²) >= 11 is 0. The van der Waals surface area contributed by atoms with Crippen LogP contribution >= 0.6 is 0 Å². The number of hydrogen-bond acceptors (Lipinski definition) is 7. The third kappa shape index (κ3) is 6.77. The molecular weight excluding hydrogens is 609 g/mol. The zero-order valence-electron chi connectivity index (χ0n) is 26.6. The van der Waals surface area contributed by atoms with Crippen molar-refractivity contribution in [3.8, 4) is 11.6 Å². The van der Waals surface area contributed by atoms with Crippen molar-refractivity contribution in [2.24, 2.45) is 0 Å². The average Bonchev–Trinajstić information content (AvgIpc) is 3.83. The Balaban J connectivity index is 1.07. The fourth-order valence-electron chi connectivity index (χ4n) is 6.66. The molecule has 2 amide bonds. The molecule has 2 aliphatic heterocycles. The summed E-state index contributed by atoms with van der Waals surface area (Å²) in [5, 5.41) is 3.52. The number of benzene rings is 1. The van der Waals surface area contributed by atoms with E-state index < -0.39 is 17.8 Å². The molecule has 0 radical (unpaired) electrons. The van der Waals surface area contributed by atoms with Gasteiger partial charge >= 0.3 is 12.2 Å². The molecule has 248 valence electrons. The van der Waals surface area contributed by atoms with E-state index in [0.717, 1.165) is 80.4 Å². The molecule has 10 nitrogen and oxygen atoms in total. The first-order valence-corrected chi connectivity index (χ1v) is 16.4. The molecule has 2 fully saturated rings. The molecule has 4 aromatic rings. The van der Waals surface area contributed by atoms with Gasteiger partial charge in [-0.1, -0.05) is 19.9 Å². The van der Waals surface area contributed by atoms with E-state index in [1.807, 2.05) is 24.0 Å². The molecule has 13 heteroatoms. The number of anilines is 1. The SMILES string of the molecule is CC[C@H]1CN(C(=O)Nc2ccc(CN3CCN(CC)CC3)c(C(F)(F)F)c2)Cc2cc(Oc3ncnc4[nH]c(C5CC5)cc34)cnc21. The molecule has 0 spiro atoms. The van der Waals surface area contributed by atoms with E-state index in [9.17, 15) is 18.0 Å². The van der Waals surface area contributed by atoms with Gasteiger partial charge in [-0.15, -0.1) is 0 Å². The van der Waals surface area contributed by atoms with Crippen molar-refractivity contribution in [3.05, 3.63) is 70.9 Å². The summed E-state index contributed by atoms with van der Waals surface area (Å²) in [6.45, 7) is 9.02. The van der Waals surface area contributed by atoms with Gasteiger partial charge in [0.2, 0.25) is 5.88 Å². The largest absolute Gasteiger partial charge is 0.437 e. The zero-order valence-corrected chi connectivity index (χ0v) is 26.6. The zero-order chi connectivity index (χ0) is 32.7. The van der Waals surface area contributed by atoms with Gasteiger partial charge in [0.05, 0.1) is 22.8 Å². The predicted molar refractivity (Wildman–Crippen MR) is 171 cm³/mol. The first kappa shape index (κ1) is 31.4. The second-order valence-electron chi connectivity index (χ2n) is 12.8. The highest BCUT2D eigenvalue weighted by Gasteiger charge is 2.35. The van der Waals surface area contributed by atoms with Crippen molar-refractivity contribution in [2.75, 3.05) is 44.6 Å². The average molecular weight is 649 g/mol. The van der Waals surface area contributed by atoms with E-state index in [4.69, 9.17) is 9.72 Å². The van der Waals surface area contributed by atoms with Gasteiger partial charge < -0.3 is 24.8 Å². The number of fused-ring (bicyclic) bond motifs is 2. The topological polar surface area (TPSA) is 103 Å². The maximum absolute atomic E-state index is 14.2. The minimum atomic E-state index is -4.55. The van der Waals surface area contributed by atoms with E-state index >= 15 is 0 Å². The normalized spacial score (nSPS) is 19.2. The first-order chi connectivity index (χ1) is 22.7. The fourth-order valence-corrected chi connectivity index (χ4v) is 6.66. The molecular formula is C34H39F3N8O2. The highest BCUT2D eigenvalue weighted by Crippen LogP contribution is 2.42. The Bertz CT molecular complexity index is 1760. The molecule has 0 unspecified atom stereocenters. The molecule has 3 aromatic heterocycles. The Morgan fingerprint density at radius 2 is 1.83 bits per heavy atom. The summed E-state index contributed by atoms with van der Waals surface area (Å²) < 4.78 is 48.8. The summed E-state index contributed by atoms with van der Waals surface area (Å²) in [5.41, 5.74) is 3.15. The van der Waals surface area contributed by atoms with Crippen LogP contribution < -0.4 is 10.1 Å². The number of urea groups is 1. The lowest BCUT2D eigenvalue weighted by molar-refractivity contribution is -0.138. The van der Waals surface area contributed by atoms with Crippen LogP contribution in [0.3, 0.4) is 0 Å². The minimum Gasteiger partial charge on any atom is -0.437 e. The number of amides is 2. The number of nitrogens with one attached hydrogen (secondary N) is 2. The van der Waals surface area contributed by atoms with Crippen molar-refractivity contribution in [3.63, 3.8) is 0 Å². The lowest BCUT2D eigenvalue weighted by Gasteiger charge is -2.34. The molecule has 1 aliphatic carbocycles. The molecule has 0 bridgehead atoms. The summed E-state index contributed by atoms with van der Waals surface area (Å²) in [7, 11) is 0. The van der Waals surface area contributed by atoms with Crippen molar-refractivity contribution < 1.29 is 22.7 Å². The molecule has 1 atom stereocenters. The number of piperazine rings is 1. The van der Waals surface area contributed by atoms with E-state index in [1.165, 1.54) is 12.4 Å². The second kappa shape index (κ2) is 12.8. The Hall–Kier alpha value is -4.23. The number of hydrogen-bond donors (Lipinski definition) is 2. The van der Waals surface area contributed by atoms with Gasteiger partial charge in [-0.2, -0.15) is 13.2 Å². The van der Waals surface area contributed by atoms with Crippen LogP contribution in [0.1, 0.15) is 73.0 Å². The van der Waals surface area contributed by atoms with E-state index in [0.29, 0.717) is 29.7 Å². The number of nitrogens with zero attached hydrogens (tertiary/aromatic N) is 6. The van der Waals surface area contributed by atoms with Crippen LogP contribution in [-0.2, 0) is 19.3 Å². The van der Waals surface area contributed by atoms with Crippen LogP contribution in [0.4, 0.5) is 23.7 Å². The number of halogens is 3. The third-order valence-corrected chi connectivity index (χ3v) is 9.56. The van der Waals surface area contributed by atoms with E-state index in [1.54, 1.807) is 17.2 Å². The Morgan fingerprint density at radius 1 is 1.04 bits per heavy atom. The van der Waals surface area contributed by atoms with Gasteiger partial charge in [0.1, 0.15) is 17.7 Å². The number of aromatic nitrogens is 4. The Kier molecular flexibility index (Phi) is 8.52. The molecule has 47 heavy (non-hydrogen) atoms. The number of carbonyl (C=O) groups excluding carboxylic acids is 1. The minimum absolute atomic E-state index is 0.0311. The molecule has 3 aliphatic rings. The lowest BCUT2D eigenvalue weighted by Crippen LogP contribution is -2.45. The maximum Gasteiger partial charge on any atom is 0.416 e. The highest BCUT2D eigenvalue weighted by atomic mass is 19.4. The van der Waals surface area contributed by atoms with Gasteiger partial charge in [0.15, 0.2) is 0 Å². The molecule has 1 aromatic carbocycles. The molecule has 2 N–H and O–H groups in total. The van der Waals surface area contributed by atoms with Crippen LogP contribution in [0, 0.1) is 0 Å². The first-order valence-electron chi connectivity index (χ1n) is 16.4. The third-order valence-electron chi connectivity index (χ3n) is 9.56. The molecule has 7 rings (SSSR count). The van der Waals surface area contributed by atoms with Gasteiger partial charge in [0.25, 0.3) is 0 Å². The van der Waals surface area contributed by atoms with Crippen LogP contribution in [0.5, 0.6) is 11.6 Å². The summed E-state index contributed by atoms with van der Waals surface area (Å²) in [5.74, 6) is 1.40. The molecule has 1 saturated carbocycles. The highest BCUT2D eigenvalue weighted by molar-refractivity contribution is 5.89. The Labute approximate surface area is 271 Å². The fraction of sp³-hybridized carbons (Fsp3) is 0.471.